The normalized spacial score (nSPS) is 29.9. The number of carbonyl (C=O) groups is 1. The fourth-order valence-electron chi connectivity index (χ4n) is 2.58. The molecule has 0 radical (unpaired) electrons. The fraction of sp³-hybridized carbons (Fsp3) is 0.917. The maximum atomic E-state index is 12.1. The summed E-state index contributed by atoms with van der Waals surface area (Å²) in [5.74, 6) is 1.13. The van der Waals surface area contributed by atoms with Crippen molar-refractivity contribution >= 4 is 5.91 Å². The van der Waals surface area contributed by atoms with E-state index in [1.165, 1.54) is 0 Å². The van der Waals surface area contributed by atoms with Crippen LogP contribution in [0.15, 0.2) is 0 Å². The maximum absolute atomic E-state index is 12.1. The van der Waals surface area contributed by atoms with Crippen LogP contribution in [0.3, 0.4) is 0 Å². The Balaban J connectivity index is 1.76. The molecule has 0 unspecified atom stereocenters. The standard InChI is InChI=1S/C12H22N2O2/c1-2-16-9-10-4-6-14(8-10)12(15)11-3-5-13-7-11/h10-11,13H,2-9H2,1H3/t10-,11-/m1/s1. The molecule has 0 spiro atoms. The second-order valence-electron chi connectivity index (χ2n) is 4.79. The Morgan fingerprint density at radius 3 is 3.06 bits per heavy atom. The molecular weight excluding hydrogens is 204 g/mol. The predicted molar refractivity (Wildman–Crippen MR) is 62.2 cm³/mol. The van der Waals surface area contributed by atoms with E-state index < -0.39 is 0 Å². The Bertz CT molecular complexity index is 239. The van der Waals surface area contributed by atoms with Gasteiger partial charge in [-0.05, 0) is 26.3 Å². The minimum absolute atomic E-state index is 0.228. The van der Waals surface area contributed by atoms with Crippen molar-refractivity contribution in [3.05, 3.63) is 0 Å². The quantitative estimate of drug-likeness (QED) is 0.758. The number of rotatable bonds is 4. The van der Waals surface area contributed by atoms with Gasteiger partial charge < -0.3 is 15.0 Å². The zero-order valence-electron chi connectivity index (χ0n) is 10.1. The smallest absolute Gasteiger partial charge is 0.227 e. The lowest BCUT2D eigenvalue weighted by atomic mass is 10.1. The van der Waals surface area contributed by atoms with Gasteiger partial charge in [0.25, 0.3) is 0 Å². The minimum atomic E-state index is 0.228. The van der Waals surface area contributed by atoms with E-state index in [-0.39, 0.29) is 5.92 Å². The topological polar surface area (TPSA) is 41.6 Å². The first kappa shape index (κ1) is 11.9. The molecule has 92 valence electrons. The van der Waals surface area contributed by atoms with Crippen LogP contribution in [0, 0.1) is 11.8 Å². The van der Waals surface area contributed by atoms with Gasteiger partial charge in [0, 0.05) is 32.2 Å². The Labute approximate surface area is 97.3 Å². The number of ether oxygens (including phenoxy) is 1. The van der Waals surface area contributed by atoms with Crippen molar-refractivity contribution in [1.29, 1.82) is 0 Å². The lowest BCUT2D eigenvalue weighted by Gasteiger charge is -2.20. The van der Waals surface area contributed by atoms with Crippen molar-refractivity contribution in [1.82, 2.24) is 10.2 Å². The zero-order chi connectivity index (χ0) is 11.4. The lowest BCUT2D eigenvalue weighted by molar-refractivity contribution is -0.134. The number of nitrogens with zero attached hydrogens (tertiary/aromatic N) is 1. The van der Waals surface area contributed by atoms with Gasteiger partial charge in [-0.1, -0.05) is 0 Å². The number of hydrogen-bond acceptors (Lipinski definition) is 3. The molecule has 2 fully saturated rings. The highest BCUT2D eigenvalue weighted by Gasteiger charge is 2.32. The molecule has 2 atom stereocenters. The first-order valence-corrected chi connectivity index (χ1v) is 6.38. The monoisotopic (exact) mass is 226 g/mol. The average molecular weight is 226 g/mol. The van der Waals surface area contributed by atoms with Gasteiger partial charge in [0.2, 0.25) is 5.91 Å². The van der Waals surface area contributed by atoms with Crippen LogP contribution in [0.4, 0.5) is 0 Å². The van der Waals surface area contributed by atoms with Gasteiger partial charge in [-0.15, -0.1) is 0 Å². The molecule has 2 saturated heterocycles. The van der Waals surface area contributed by atoms with E-state index in [1.807, 2.05) is 11.8 Å². The van der Waals surface area contributed by atoms with Crippen molar-refractivity contribution in [2.45, 2.75) is 19.8 Å². The molecule has 0 bridgehead atoms. The summed E-state index contributed by atoms with van der Waals surface area (Å²) in [6.07, 6.45) is 2.11. The molecule has 16 heavy (non-hydrogen) atoms. The summed E-state index contributed by atoms with van der Waals surface area (Å²) in [5.41, 5.74) is 0. The summed E-state index contributed by atoms with van der Waals surface area (Å²) in [5, 5.41) is 3.25. The van der Waals surface area contributed by atoms with Crippen molar-refractivity contribution in [3.8, 4) is 0 Å². The SMILES string of the molecule is CCOC[C@@H]1CCN(C(=O)[C@@H]2CCNC2)C1. The van der Waals surface area contributed by atoms with E-state index in [1.54, 1.807) is 0 Å². The molecule has 4 heteroatoms. The molecule has 2 rings (SSSR count). The summed E-state index contributed by atoms with van der Waals surface area (Å²) in [4.78, 5) is 14.1. The van der Waals surface area contributed by atoms with Crippen molar-refractivity contribution in [2.75, 3.05) is 39.4 Å². The van der Waals surface area contributed by atoms with Crippen LogP contribution in [0.5, 0.6) is 0 Å². The van der Waals surface area contributed by atoms with Gasteiger partial charge in [0.05, 0.1) is 12.5 Å². The first-order chi connectivity index (χ1) is 7.81. The molecule has 0 aromatic rings. The third-order valence-electron chi connectivity index (χ3n) is 3.56. The Morgan fingerprint density at radius 1 is 1.50 bits per heavy atom. The lowest BCUT2D eigenvalue weighted by Crippen LogP contribution is -2.35. The molecule has 1 N–H and O–H groups in total. The van der Waals surface area contributed by atoms with Crippen LogP contribution in [0.1, 0.15) is 19.8 Å². The molecule has 2 aliphatic heterocycles. The van der Waals surface area contributed by atoms with E-state index in [2.05, 4.69) is 5.32 Å². The van der Waals surface area contributed by atoms with Gasteiger partial charge in [0.1, 0.15) is 0 Å². The maximum Gasteiger partial charge on any atom is 0.227 e. The number of amides is 1. The Morgan fingerprint density at radius 2 is 2.38 bits per heavy atom. The number of nitrogens with one attached hydrogen (secondary N) is 1. The predicted octanol–water partition coefficient (Wildman–Crippen LogP) is 0.481. The molecule has 1 amide bonds. The number of likely N-dealkylation sites (tertiary alicyclic amines) is 1. The molecule has 0 aliphatic carbocycles. The highest BCUT2D eigenvalue weighted by Crippen LogP contribution is 2.20. The van der Waals surface area contributed by atoms with Crippen molar-refractivity contribution in [3.63, 3.8) is 0 Å². The minimum Gasteiger partial charge on any atom is -0.381 e. The van der Waals surface area contributed by atoms with Gasteiger partial charge >= 0.3 is 0 Å². The molecule has 4 nitrogen and oxygen atoms in total. The van der Waals surface area contributed by atoms with Gasteiger partial charge in [-0.2, -0.15) is 0 Å². The van der Waals surface area contributed by atoms with E-state index in [4.69, 9.17) is 4.74 Å². The van der Waals surface area contributed by atoms with Gasteiger partial charge in [-0.25, -0.2) is 0 Å². The van der Waals surface area contributed by atoms with Crippen molar-refractivity contribution < 1.29 is 9.53 Å². The molecule has 2 aliphatic rings. The molecule has 0 saturated carbocycles. The summed E-state index contributed by atoms with van der Waals surface area (Å²) in [7, 11) is 0. The summed E-state index contributed by atoms with van der Waals surface area (Å²) >= 11 is 0. The van der Waals surface area contributed by atoms with E-state index in [9.17, 15) is 4.79 Å². The van der Waals surface area contributed by atoms with Crippen LogP contribution in [-0.4, -0.2) is 50.2 Å². The second kappa shape index (κ2) is 5.64. The van der Waals surface area contributed by atoms with E-state index >= 15 is 0 Å². The Kier molecular flexibility index (Phi) is 4.18. The first-order valence-electron chi connectivity index (χ1n) is 6.38. The highest BCUT2D eigenvalue weighted by atomic mass is 16.5. The third kappa shape index (κ3) is 2.74. The second-order valence-corrected chi connectivity index (χ2v) is 4.79. The molecule has 2 heterocycles. The summed E-state index contributed by atoms with van der Waals surface area (Å²) < 4.78 is 5.42. The summed E-state index contributed by atoms with van der Waals surface area (Å²) in [6, 6.07) is 0. The van der Waals surface area contributed by atoms with Gasteiger partial charge in [0.15, 0.2) is 0 Å². The zero-order valence-corrected chi connectivity index (χ0v) is 10.1. The van der Waals surface area contributed by atoms with Crippen LogP contribution in [0.2, 0.25) is 0 Å². The van der Waals surface area contributed by atoms with Gasteiger partial charge in [-0.3, -0.25) is 4.79 Å². The van der Waals surface area contributed by atoms with E-state index in [0.717, 1.165) is 52.2 Å². The van der Waals surface area contributed by atoms with Crippen LogP contribution >= 0.6 is 0 Å². The fourth-order valence-corrected chi connectivity index (χ4v) is 2.58. The largest absolute Gasteiger partial charge is 0.381 e. The molecule has 0 aromatic carbocycles. The van der Waals surface area contributed by atoms with Crippen LogP contribution in [0.25, 0.3) is 0 Å². The van der Waals surface area contributed by atoms with Crippen LogP contribution in [-0.2, 0) is 9.53 Å². The van der Waals surface area contributed by atoms with E-state index in [0.29, 0.717) is 11.8 Å². The Hall–Kier alpha value is -0.610. The average Bonchev–Trinajstić information content (AvgIpc) is 2.96. The molecular formula is C12H22N2O2. The third-order valence-corrected chi connectivity index (χ3v) is 3.56. The van der Waals surface area contributed by atoms with Crippen molar-refractivity contribution in [2.24, 2.45) is 11.8 Å². The number of carbonyl (C=O) groups excluding carboxylic acids is 1. The number of hydrogen-bond donors (Lipinski definition) is 1. The van der Waals surface area contributed by atoms with Crippen LogP contribution < -0.4 is 5.32 Å². The summed E-state index contributed by atoms with van der Waals surface area (Å²) in [6.45, 7) is 7.28. The molecule has 0 aromatic heterocycles. The highest BCUT2D eigenvalue weighted by molar-refractivity contribution is 5.79.